The number of ether oxygens (including phenoxy) is 1. The van der Waals surface area contributed by atoms with Gasteiger partial charge in [-0.2, -0.15) is 0 Å². The van der Waals surface area contributed by atoms with Gasteiger partial charge in [-0.25, -0.2) is 0 Å². The number of alkyl halides is 1. The molecule has 0 aliphatic carbocycles. The van der Waals surface area contributed by atoms with E-state index in [4.69, 9.17) is 4.74 Å². The molecule has 1 aliphatic heterocycles. The molecule has 1 N–H and O–H groups in total. The Bertz CT molecular complexity index is 468. The van der Waals surface area contributed by atoms with E-state index in [0.717, 1.165) is 5.56 Å². The van der Waals surface area contributed by atoms with E-state index in [-0.39, 0.29) is 10.6 Å². The summed E-state index contributed by atoms with van der Waals surface area (Å²) in [6.07, 6.45) is -0.630. The Morgan fingerprint density at radius 2 is 2.12 bits per heavy atom. The highest BCUT2D eigenvalue weighted by Crippen LogP contribution is 2.43. The SMILES string of the molecule is CC(=O)c1ccc2c(c1)OC(C)(C)C(Br)C2O. The number of fused-ring (bicyclic) bond motifs is 1. The maximum atomic E-state index is 11.3. The predicted molar refractivity (Wildman–Crippen MR) is 68.8 cm³/mol. The van der Waals surface area contributed by atoms with Crippen molar-refractivity contribution in [2.75, 3.05) is 0 Å². The lowest BCUT2D eigenvalue weighted by Crippen LogP contribution is -2.45. The summed E-state index contributed by atoms with van der Waals surface area (Å²) in [6.45, 7) is 5.32. The van der Waals surface area contributed by atoms with Crippen LogP contribution in [0, 0.1) is 0 Å². The van der Waals surface area contributed by atoms with Crippen LogP contribution in [0.15, 0.2) is 18.2 Å². The van der Waals surface area contributed by atoms with E-state index in [1.165, 1.54) is 6.92 Å². The zero-order chi connectivity index (χ0) is 12.8. The van der Waals surface area contributed by atoms with Crippen molar-refractivity contribution in [3.05, 3.63) is 29.3 Å². The fourth-order valence-electron chi connectivity index (χ4n) is 1.96. The number of aliphatic hydroxyl groups excluding tert-OH is 1. The number of carbonyl (C=O) groups is 1. The average Bonchev–Trinajstić information content (AvgIpc) is 2.25. The van der Waals surface area contributed by atoms with Crippen molar-refractivity contribution >= 4 is 21.7 Å². The minimum absolute atomic E-state index is 0.00957. The first kappa shape index (κ1) is 12.6. The molecule has 0 saturated heterocycles. The highest BCUT2D eigenvalue weighted by atomic mass is 79.9. The number of hydrogen-bond acceptors (Lipinski definition) is 3. The zero-order valence-corrected chi connectivity index (χ0v) is 11.6. The number of carbonyl (C=O) groups excluding carboxylic acids is 1. The topological polar surface area (TPSA) is 46.5 Å². The lowest BCUT2D eigenvalue weighted by atomic mass is 9.90. The Balaban J connectivity index is 2.50. The van der Waals surface area contributed by atoms with E-state index < -0.39 is 11.7 Å². The molecule has 1 aromatic rings. The van der Waals surface area contributed by atoms with Crippen molar-refractivity contribution in [2.45, 2.75) is 37.3 Å². The van der Waals surface area contributed by atoms with Gasteiger partial charge in [0.05, 0.1) is 10.9 Å². The monoisotopic (exact) mass is 298 g/mol. The highest BCUT2D eigenvalue weighted by molar-refractivity contribution is 9.09. The van der Waals surface area contributed by atoms with E-state index in [1.54, 1.807) is 18.2 Å². The van der Waals surface area contributed by atoms with Crippen LogP contribution in [-0.4, -0.2) is 21.3 Å². The van der Waals surface area contributed by atoms with Crippen molar-refractivity contribution in [3.8, 4) is 5.75 Å². The number of rotatable bonds is 1. The number of aliphatic hydroxyl groups is 1. The molecule has 0 saturated carbocycles. The van der Waals surface area contributed by atoms with Gasteiger partial charge in [-0.05, 0) is 26.8 Å². The van der Waals surface area contributed by atoms with E-state index in [2.05, 4.69) is 15.9 Å². The molecule has 92 valence electrons. The van der Waals surface area contributed by atoms with Crippen LogP contribution in [0.4, 0.5) is 0 Å². The summed E-state index contributed by atoms with van der Waals surface area (Å²) < 4.78 is 5.83. The fourth-order valence-corrected chi connectivity index (χ4v) is 2.34. The van der Waals surface area contributed by atoms with Gasteiger partial charge >= 0.3 is 0 Å². The zero-order valence-electron chi connectivity index (χ0n) is 10.0. The van der Waals surface area contributed by atoms with Gasteiger partial charge in [0.2, 0.25) is 0 Å². The first-order chi connectivity index (χ1) is 7.83. The normalized spacial score (nSPS) is 25.9. The van der Waals surface area contributed by atoms with Gasteiger partial charge in [0.25, 0.3) is 0 Å². The molecule has 0 aromatic heterocycles. The molecule has 1 aliphatic rings. The Kier molecular flexibility index (Phi) is 3.04. The second kappa shape index (κ2) is 4.10. The largest absolute Gasteiger partial charge is 0.486 e. The lowest BCUT2D eigenvalue weighted by molar-refractivity contribution is 0.0224. The Morgan fingerprint density at radius 3 is 2.71 bits per heavy atom. The molecule has 2 unspecified atom stereocenters. The van der Waals surface area contributed by atoms with E-state index >= 15 is 0 Å². The highest BCUT2D eigenvalue weighted by Gasteiger charge is 2.41. The van der Waals surface area contributed by atoms with Crippen molar-refractivity contribution in [1.29, 1.82) is 0 Å². The summed E-state index contributed by atoms with van der Waals surface area (Å²) in [5, 5.41) is 10.2. The molecule has 2 atom stereocenters. The quantitative estimate of drug-likeness (QED) is 0.640. The van der Waals surface area contributed by atoms with Crippen molar-refractivity contribution in [3.63, 3.8) is 0 Å². The van der Waals surface area contributed by atoms with Gasteiger partial charge < -0.3 is 9.84 Å². The molecule has 0 radical (unpaired) electrons. The molecule has 1 aromatic carbocycles. The first-order valence-electron chi connectivity index (χ1n) is 5.49. The number of halogens is 1. The van der Waals surface area contributed by atoms with Crippen LogP contribution in [-0.2, 0) is 0 Å². The third-order valence-electron chi connectivity index (χ3n) is 3.05. The maximum absolute atomic E-state index is 11.3. The van der Waals surface area contributed by atoms with Crippen LogP contribution in [0.2, 0.25) is 0 Å². The summed E-state index contributed by atoms with van der Waals surface area (Å²) >= 11 is 3.45. The minimum Gasteiger partial charge on any atom is -0.486 e. The summed E-state index contributed by atoms with van der Waals surface area (Å²) in [5.74, 6) is 0.579. The van der Waals surface area contributed by atoms with Crippen LogP contribution in [0.1, 0.15) is 42.8 Å². The summed E-state index contributed by atoms with van der Waals surface area (Å²) in [7, 11) is 0. The van der Waals surface area contributed by atoms with Gasteiger partial charge in [-0.15, -0.1) is 0 Å². The number of benzene rings is 1. The third kappa shape index (κ3) is 2.11. The number of hydrogen-bond donors (Lipinski definition) is 1. The Labute approximate surface area is 109 Å². The Morgan fingerprint density at radius 1 is 1.47 bits per heavy atom. The van der Waals surface area contributed by atoms with Crippen LogP contribution >= 0.6 is 15.9 Å². The van der Waals surface area contributed by atoms with E-state index in [1.807, 2.05) is 13.8 Å². The van der Waals surface area contributed by atoms with Crippen LogP contribution in [0.3, 0.4) is 0 Å². The molecule has 0 bridgehead atoms. The lowest BCUT2D eigenvalue weighted by Gasteiger charge is -2.40. The molecule has 4 heteroatoms. The van der Waals surface area contributed by atoms with Gasteiger partial charge in [0, 0.05) is 11.1 Å². The van der Waals surface area contributed by atoms with Crippen LogP contribution in [0.25, 0.3) is 0 Å². The predicted octanol–water partition coefficient (Wildman–Crippen LogP) is 2.86. The Hall–Kier alpha value is -0.870. The van der Waals surface area contributed by atoms with Gasteiger partial charge in [0.15, 0.2) is 5.78 Å². The van der Waals surface area contributed by atoms with Gasteiger partial charge in [0.1, 0.15) is 11.4 Å². The van der Waals surface area contributed by atoms with E-state index in [9.17, 15) is 9.90 Å². The number of ketones is 1. The number of Topliss-reactive ketones (excluding diaryl/α,β-unsaturated/α-hetero) is 1. The van der Waals surface area contributed by atoms with Crippen molar-refractivity contribution in [2.24, 2.45) is 0 Å². The summed E-state index contributed by atoms with van der Waals surface area (Å²) in [4.78, 5) is 11.1. The van der Waals surface area contributed by atoms with Gasteiger partial charge in [-0.1, -0.05) is 28.1 Å². The molecule has 1 heterocycles. The van der Waals surface area contributed by atoms with Crippen molar-refractivity contribution < 1.29 is 14.6 Å². The van der Waals surface area contributed by atoms with Gasteiger partial charge in [-0.3, -0.25) is 4.79 Å². The third-order valence-corrected chi connectivity index (χ3v) is 4.66. The molecule has 17 heavy (non-hydrogen) atoms. The smallest absolute Gasteiger partial charge is 0.159 e. The fraction of sp³-hybridized carbons (Fsp3) is 0.462. The molecular formula is C13H15BrO3. The standard InChI is InChI=1S/C13H15BrO3/c1-7(15)8-4-5-9-10(6-8)17-13(2,3)12(14)11(9)16/h4-6,11-12,16H,1-3H3. The molecule has 2 rings (SSSR count). The van der Waals surface area contributed by atoms with E-state index in [0.29, 0.717) is 11.3 Å². The molecular weight excluding hydrogens is 284 g/mol. The maximum Gasteiger partial charge on any atom is 0.159 e. The molecule has 0 amide bonds. The van der Waals surface area contributed by atoms with Crippen LogP contribution in [0.5, 0.6) is 5.75 Å². The summed E-state index contributed by atoms with van der Waals surface area (Å²) in [6, 6.07) is 5.16. The van der Waals surface area contributed by atoms with Crippen LogP contribution < -0.4 is 4.74 Å². The molecule has 3 nitrogen and oxygen atoms in total. The minimum atomic E-state index is -0.630. The second-order valence-corrected chi connectivity index (χ2v) is 5.85. The van der Waals surface area contributed by atoms with Crippen molar-refractivity contribution in [1.82, 2.24) is 0 Å². The molecule has 0 spiro atoms. The molecule has 0 fully saturated rings. The summed E-state index contributed by atoms with van der Waals surface area (Å²) in [5.41, 5.74) is 0.804. The average molecular weight is 299 g/mol. The second-order valence-electron chi connectivity index (χ2n) is 4.86. The first-order valence-corrected chi connectivity index (χ1v) is 6.40.